The maximum absolute atomic E-state index is 13.9. The van der Waals surface area contributed by atoms with E-state index in [0.717, 1.165) is 50.3 Å². The van der Waals surface area contributed by atoms with Crippen molar-refractivity contribution in [2.75, 3.05) is 37.6 Å². The zero-order valence-corrected chi connectivity index (χ0v) is 28.8. The summed E-state index contributed by atoms with van der Waals surface area (Å²) in [6.45, 7) is 9.89. The number of amides is 3. The minimum absolute atomic E-state index is 0.00424. The molecule has 0 radical (unpaired) electrons. The van der Waals surface area contributed by atoms with Crippen LogP contribution in [0.3, 0.4) is 0 Å². The number of carbonyl (C=O) groups excluding carboxylic acids is 2. The number of nitrogens with one attached hydrogen (secondary N) is 2. The molecule has 2 aromatic carbocycles. The van der Waals surface area contributed by atoms with E-state index in [2.05, 4.69) is 36.1 Å². The summed E-state index contributed by atoms with van der Waals surface area (Å²) in [4.78, 5) is 35.2. The Hall–Kier alpha value is -3.89. The van der Waals surface area contributed by atoms with Crippen molar-refractivity contribution in [1.82, 2.24) is 24.8 Å². The number of urea groups is 1. The Labute approximate surface area is 282 Å². The second-order valence-corrected chi connectivity index (χ2v) is 15.6. The van der Waals surface area contributed by atoms with Gasteiger partial charge in [-0.05, 0) is 47.7 Å². The van der Waals surface area contributed by atoms with Crippen molar-refractivity contribution >= 4 is 38.4 Å². The van der Waals surface area contributed by atoms with E-state index in [-0.39, 0.29) is 42.5 Å². The summed E-state index contributed by atoms with van der Waals surface area (Å²) in [5, 5.41) is 6.32. The number of ether oxygens (including phenoxy) is 1. The molecule has 5 rings (SSSR count). The van der Waals surface area contributed by atoms with E-state index < -0.39 is 34.1 Å². The molecular formula is C32H39F3N6O5S2. The van der Waals surface area contributed by atoms with E-state index >= 15 is 0 Å². The fourth-order valence-electron chi connectivity index (χ4n) is 5.57. The molecule has 3 amide bonds. The number of anilines is 1. The van der Waals surface area contributed by atoms with Gasteiger partial charge in [0.25, 0.3) is 0 Å². The second-order valence-electron chi connectivity index (χ2n) is 12.6. The lowest BCUT2D eigenvalue weighted by Crippen LogP contribution is -2.60. The lowest BCUT2D eigenvalue weighted by molar-refractivity contribution is -0.274. The predicted molar refractivity (Wildman–Crippen MR) is 175 cm³/mol. The van der Waals surface area contributed by atoms with Crippen LogP contribution in [0.4, 0.5) is 23.1 Å². The molecule has 260 valence electrons. The first-order valence-electron chi connectivity index (χ1n) is 15.6. The second kappa shape index (κ2) is 13.9. The monoisotopic (exact) mass is 708 g/mol. The van der Waals surface area contributed by atoms with Crippen molar-refractivity contribution in [3.05, 3.63) is 70.2 Å². The number of halogens is 3. The first kappa shape index (κ1) is 35.4. The standard InChI is InChI=1S/C32H39F3N6O5S2/c1-5-36-29(43)39-15-14-25-27(20-39)47-30(38-25)40-16-17-41(48(44,45)24-12-10-23(11-13-24)46-32(33,34)35)26(19-40)28(42)37-18-21-6-8-22(9-7-21)31(2,3)4/h6-13,26H,5,14-20H2,1-4H3,(H,36,43)(H,37,42)/t26-/m1/s1. The summed E-state index contributed by atoms with van der Waals surface area (Å²) in [5.74, 6) is -1.08. The Morgan fingerprint density at radius 2 is 1.69 bits per heavy atom. The number of fused-ring (bicyclic) bond motifs is 1. The number of sulfonamides is 1. The molecule has 1 saturated heterocycles. The van der Waals surface area contributed by atoms with Gasteiger partial charge in [-0.15, -0.1) is 13.2 Å². The number of carbonyl (C=O) groups is 2. The van der Waals surface area contributed by atoms with Crippen molar-refractivity contribution in [3.63, 3.8) is 0 Å². The van der Waals surface area contributed by atoms with Crippen LogP contribution < -0.4 is 20.3 Å². The Bertz CT molecular complexity index is 1720. The summed E-state index contributed by atoms with van der Waals surface area (Å²) in [6, 6.07) is 10.4. The molecule has 0 bridgehead atoms. The van der Waals surface area contributed by atoms with Crippen LogP contribution >= 0.6 is 11.3 Å². The maximum atomic E-state index is 13.9. The molecule has 1 atom stereocenters. The minimum atomic E-state index is -4.93. The average Bonchev–Trinajstić information content (AvgIpc) is 3.46. The van der Waals surface area contributed by atoms with Crippen LogP contribution in [0.1, 0.15) is 49.4 Å². The first-order chi connectivity index (χ1) is 22.5. The summed E-state index contributed by atoms with van der Waals surface area (Å²) in [5.41, 5.74) is 2.79. The van der Waals surface area contributed by atoms with Crippen molar-refractivity contribution < 1.29 is 35.9 Å². The molecular weight excluding hydrogens is 670 g/mol. The van der Waals surface area contributed by atoms with Crippen LogP contribution in [0.15, 0.2) is 53.4 Å². The topological polar surface area (TPSA) is 124 Å². The number of benzene rings is 2. The third-order valence-corrected chi connectivity index (χ3v) is 11.3. The fraction of sp³-hybridized carbons (Fsp3) is 0.469. The molecule has 48 heavy (non-hydrogen) atoms. The number of piperazine rings is 1. The van der Waals surface area contributed by atoms with Crippen molar-refractivity contribution in [3.8, 4) is 5.75 Å². The number of hydrogen-bond acceptors (Lipinski definition) is 8. The molecule has 0 saturated carbocycles. The molecule has 1 aromatic heterocycles. The highest BCUT2D eigenvalue weighted by atomic mass is 32.2. The van der Waals surface area contributed by atoms with E-state index in [1.54, 1.807) is 4.90 Å². The van der Waals surface area contributed by atoms with Gasteiger partial charge >= 0.3 is 12.4 Å². The molecule has 16 heteroatoms. The molecule has 1 fully saturated rings. The van der Waals surface area contributed by atoms with Crippen LogP contribution in [-0.2, 0) is 39.7 Å². The van der Waals surface area contributed by atoms with E-state index in [4.69, 9.17) is 4.98 Å². The summed E-state index contributed by atoms with van der Waals surface area (Å²) < 4.78 is 70.8. The van der Waals surface area contributed by atoms with E-state index in [9.17, 15) is 31.2 Å². The Morgan fingerprint density at radius 3 is 2.31 bits per heavy atom. The highest BCUT2D eigenvalue weighted by Crippen LogP contribution is 2.34. The summed E-state index contributed by atoms with van der Waals surface area (Å²) >= 11 is 1.41. The quantitative estimate of drug-likeness (QED) is 0.350. The van der Waals surface area contributed by atoms with Crippen molar-refractivity contribution in [2.24, 2.45) is 0 Å². The van der Waals surface area contributed by atoms with Gasteiger partial charge in [0.1, 0.15) is 11.8 Å². The zero-order chi connectivity index (χ0) is 34.9. The predicted octanol–water partition coefficient (Wildman–Crippen LogP) is 4.62. The molecule has 2 N–H and O–H groups in total. The van der Waals surface area contributed by atoms with Gasteiger partial charge in [0.2, 0.25) is 15.9 Å². The van der Waals surface area contributed by atoms with E-state index in [1.165, 1.54) is 11.3 Å². The Balaban J connectivity index is 1.37. The van der Waals surface area contributed by atoms with Crippen LogP contribution in [0.5, 0.6) is 5.75 Å². The number of alkyl halides is 3. The van der Waals surface area contributed by atoms with Gasteiger partial charge in [-0.3, -0.25) is 4.79 Å². The molecule has 0 unspecified atom stereocenters. The summed E-state index contributed by atoms with van der Waals surface area (Å²) in [6.07, 6.45) is -4.36. The molecule has 0 aliphatic carbocycles. The molecule has 11 nitrogen and oxygen atoms in total. The molecule has 2 aliphatic heterocycles. The van der Waals surface area contributed by atoms with Crippen LogP contribution in [-0.4, -0.2) is 79.7 Å². The van der Waals surface area contributed by atoms with Crippen LogP contribution in [0, 0.1) is 0 Å². The first-order valence-corrected chi connectivity index (χ1v) is 17.8. The van der Waals surface area contributed by atoms with E-state index in [1.807, 2.05) is 36.1 Å². The third kappa shape index (κ3) is 8.21. The largest absolute Gasteiger partial charge is 0.573 e. The minimum Gasteiger partial charge on any atom is -0.406 e. The number of hydrogen-bond donors (Lipinski definition) is 2. The smallest absolute Gasteiger partial charge is 0.406 e. The average molecular weight is 709 g/mol. The number of thiazole rings is 1. The van der Waals surface area contributed by atoms with Gasteiger partial charge in [0.15, 0.2) is 5.13 Å². The molecule has 3 heterocycles. The highest BCUT2D eigenvalue weighted by molar-refractivity contribution is 7.89. The maximum Gasteiger partial charge on any atom is 0.573 e. The Kier molecular flexibility index (Phi) is 10.3. The lowest BCUT2D eigenvalue weighted by atomic mass is 9.87. The Morgan fingerprint density at radius 1 is 1.00 bits per heavy atom. The number of rotatable bonds is 8. The van der Waals surface area contributed by atoms with Crippen molar-refractivity contribution in [2.45, 2.75) is 69.9 Å². The molecule has 3 aromatic rings. The van der Waals surface area contributed by atoms with E-state index in [0.29, 0.717) is 31.2 Å². The van der Waals surface area contributed by atoms with Crippen LogP contribution in [0.25, 0.3) is 0 Å². The molecule has 0 spiro atoms. The lowest BCUT2D eigenvalue weighted by Gasteiger charge is -2.39. The zero-order valence-electron chi connectivity index (χ0n) is 27.1. The fourth-order valence-corrected chi connectivity index (χ4v) is 8.30. The van der Waals surface area contributed by atoms with Gasteiger partial charge in [-0.25, -0.2) is 18.2 Å². The van der Waals surface area contributed by atoms with Gasteiger partial charge in [0, 0.05) is 50.6 Å². The van der Waals surface area contributed by atoms with Gasteiger partial charge < -0.3 is 25.2 Å². The highest BCUT2D eigenvalue weighted by Gasteiger charge is 2.41. The van der Waals surface area contributed by atoms with Gasteiger partial charge in [-0.1, -0.05) is 56.4 Å². The normalized spacial score (nSPS) is 17.5. The van der Waals surface area contributed by atoms with Gasteiger partial charge in [0.05, 0.1) is 17.1 Å². The SMILES string of the molecule is CCNC(=O)N1CCc2nc(N3CCN(S(=O)(=O)c4ccc(OC(F)(F)F)cc4)[C@@H](C(=O)NCc4ccc(C(C)(C)C)cc4)C3)sc2C1. The number of nitrogens with zero attached hydrogens (tertiary/aromatic N) is 4. The summed E-state index contributed by atoms with van der Waals surface area (Å²) in [7, 11) is -4.31. The molecule has 2 aliphatic rings. The van der Waals surface area contributed by atoms with Gasteiger partial charge in [-0.2, -0.15) is 4.31 Å². The van der Waals surface area contributed by atoms with Crippen LogP contribution in [0.2, 0.25) is 0 Å². The number of aromatic nitrogens is 1. The third-order valence-electron chi connectivity index (χ3n) is 8.19. The van der Waals surface area contributed by atoms with Crippen molar-refractivity contribution in [1.29, 1.82) is 0 Å².